The van der Waals surface area contributed by atoms with Crippen molar-refractivity contribution in [3.63, 3.8) is 0 Å². The van der Waals surface area contributed by atoms with Gasteiger partial charge in [0.2, 0.25) is 0 Å². The molecule has 0 bridgehead atoms. The van der Waals surface area contributed by atoms with Crippen LogP contribution in [-0.4, -0.2) is 42.1 Å². The molecule has 0 atom stereocenters. The van der Waals surface area contributed by atoms with Crippen molar-refractivity contribution in [3.05, 3.63) is 29.9 Å². The standard InChI is InChI=1S/C13H17N7O/c1-8(2)12-15-5-9(14)11(17-12)13(21)19-3-4-20-7-16-18-10(20)6-19/h5,7-8H,3-4,6,14H2,1-2H3. The molecule has 0 saturated heterocycles. The summed E-state index contributed by atoms with van der Waals surface area (Å²) in [7, 11) is 0. The molecule has 8 nitrogen and oxygen atoms in total. The van der Waals surface area contributed by atoms with Gasteiger partial charge in [0.15, 0.2) is 11.5 Å². The number of amides is 1. The average Bonchev–Trinajstić information content (AvgIpc) is 2.94. The van der Waals surface area contributed by atoms with Gasteiger partial charge in [-0.25, -0.2) is 9.97 Å². The van der Waals surface area contributed by atoms with Gasteiger partial charge in [0.1, 0.15) is 12.2 Å². The number of rotatable bonds is 2. The Morgan fingerprint density at radius 3 is 2.95 bits per heavy atom. The Morgan fingerprint density at radius 1 is 1.38 bits per heavy atom. The summed E-state index contributed by atoms with van der Waals surface area (Å²) in [4.78, 5) is 22.8. The molecule has 1 aliphatic rings. The topological polar surface area (TPSA) is 103 Å². The van der Waals surface area contributed by atoms with Gasteiger partial charge in [0.05, 0.1) is 18.4 Å². The molecular formula is C13H17N7O. The Labute approximate surface area is 122 Å². The van der Waals surface area contributed by atoms with E-state index < -0.39 is 0 Å². The van der Waals surface area contributed by atoms with Gasteiger partial charge in [0.25, 0.3) is 5.91 Å². The Bertz CT molecular complexity index is 679. The summed E-state index contributed by atoms with van der Waals surface area (Å²) in [5, 5.41) is 7.86. The number of hydrogen-bond donors (Lipinski definition) is 1. The Kier molecular flexibility index (Phi) is 3.28. The van der Waals surface area contributed by atoms with Crippen LogP contribution in [0.1, 0.15) is 41.9 Å². The second-order valence-corrected chi connectivity index (χ2v) is 5.35. The fraction of sp³-hybridized carbons (Fsp3) is 0.462. The maximum Gasteiger partial charge on any atom is 0.275 e. The third-order valence-electron chi connectivity index (χ3n) is 3.48. The van der Waals surface area contributed by atoms with Gasteiger partial charge < -0.3 is 15.2 Å². The lowest BCUT2D eigenvalue weighted by Gasteiger charge is -2.27. The van der Waals surface area contributed by atoms with E-state index in [0.717, 1.165) is 5.82 Å². The van der Waals surface area contributed by atoms with Crippen molar-refractivity contribution in [1.82, 2.24) is 29.6 Å². The molecule has 21 heavy (non-hydrogen) atoms. The molecule has 0 aliphatic carbocycles. The zero-order chi connectivity index (χ0) is 15.0. The number of nitrogens with two attached hydrogens (primary N) is 1. The van der Waals surface area contributed by atoms with Gasteiger partial charge in [0, 0.05) is 19.0 Å². The van der Waals surface area contributed by atoms with Crippen molar-refractivity contribution in [2.45, 2.75) is 32.9 Å². The highest BCUT2D eigenvalue weighted by atomic mass is 16.2. The minimum absolute atomic E-state index is 0.140. The molecule has 0 radical (unpaired) electrons. The predicted octanol–water partition coefficient (Wildman–Crippen LogP) is 0.430. The molecule has 1 aliphatic heterocycles. The average molecular weight is 287 g/mol. The maximum absolute atomic E-state index is 12.6. The van der Waals surface area contributed by atoms with E-state index in [-0.39, 0.29) is 17.5 Å². The van der Waals surface area contributed by atoms with E-state index in [1.807, 2.05) is 18.4 Å². The molecule has 110 valence electrons. The van der Waals surface area contributed by atoms with Gasteiger partial charge in [-0.2, -0.15) is 0 Å². The van der Waals surface area contributed by atoms with Gasteiger partial charge in [-0.3, -0.25) is 4.79 Å². The molecule has 3 rings (SSSR count). The quantitative estimate of drug-likeness (QED) is 0.859. The van der Waals surface area contributed by atoms with Crippen LogP contribution in [0.2, 0.25) is 0 Å². The molecule has 3 heterocycles. The lowest BCUT2D eigenvalue weighted by atomic mass is 10.2. The zero-order valence-electron chi connectivity index (χ0n) is 12.0. The number of anilines is 1. The smallest absolute Gasteiger partial charge is 0.275 e. The summed E-state index contributed by atoms with van der Waals surface area (Å²) in [6.07, 6.45) is 3.18. The first-order valence-electron chi connectivity index (χ1n) is 6.84. The Balaban J connectivity index is 1.87. The zero-order valence-corrected chi connectivity index (χ0v) is 12.0. The summed E-state index contributed by atoms with van der Waals surface area (Å²) in [5.41, 5.74) is 6.43. The van der Waals surface area contributed by atoms with E-state index >= 15 is 0 Å². The molecule has 0 saturated carbocycles. The van der Waals surface area contributed by atoms with Crippen molar-refractivity contribution in [1.29, 1.82) is 0 Å². The summed E-state index contributed by atoms with van der Waals surface area (Å²) in [6.45, 7) is 5.63. The summed E-state index contributed by atoms with van der Waals surface area (Å²) in [5.74, 6) is 1.34. The molecule has 0 unspecified atom stereocenters. The molecule has 0 fully saturated rings. The van der Waals surface area contributed by atoms with Crippen LogP contribution in [0.4, 0.5) is 5.69 Å². The minimum atomic E-state index is -0.189. The van der Waals surface area contributed by atoms with Crippen LogP contribution in [0, 0.1) is 0 Å². The maximum atomic E-state index is 12.6. The SMILES string of the molecule is CC(C)c1ncc(N)c(C(=O)N2CCn3cnnc3C2)n1. The van der Waals surface area contributed by atoms with E-state index in [9.17, 15) is 4.79 Å². The third kappa shape index (κ3) is 2.44. The number of nitrogens with zero attached hydrogens (tertiary/aromatic N) is 6. The summed E-state index contributed by atoms with van der Waals surface area (Å²) >= 11 is 0. The first-order chi connectivity index (χ1) is 10.1. The van der Waals surface area contributed by atoms with Crippen LogP contribution >= 0.6 is 0 Å². The van der Waals surface area contributed by atoms with Crippen molar-refractivity contribution in [2.75, 3.05) is 12.3 Å². The van der Waals surface area contributed by atoms with Crippen LogP contribution in [0.15, 0.2) is 12.5 Å². The number of carbonyl (C=O) groups excluding carboxylic acids is 1. The number of hydrogen-bond acceptors (Lipinski definition) is 6. The lowest BCUT2D eigenvalue weighted by Crippen LogP contribution is -2.39. The van der Waals surface area contributed by atoms with E-state index in [1.54, 1.807) is 11.2 Å². The monoisotopic (exact) mass is 287 g/mol. The van der Waals surface area contributed by atoms with Crippen LogP contribution in [0.5, 0.6) is 0 Å². The van der Waals surface area contributed by atoms with E-state index in [0.29, 0.717) is 31.1 Å². The highest BCUT2D eigenvalue weighted by Crippen LogP contribution is 2.18. The first-order valence-corrected chi connectivity index (χ1v) is 6.84. The molecular weight excluding hydrogens is 270 g/mol. The highest BCUT2D eigenvalue weighted by Gasteiger charge is 2.25. The molecule has 2 aromatic rings. The second-order valence-electron chi connectivity index (χ2n) is 5.35. The number of nitrogen functional groups attached to an aromatic ring is 1. The van der Waals surface area contributed by atoms with Crippen LogP contribution in [0.3, 0.4) is 0 Å². The van der Waals surface area contributed by atoms with Crippen LogP contribution < -0.4 is 5.73 Å². The largest absolute Gasteiger partial charge is 0.396 e. The van der Waals surface area contributed by atoms with E-state index in [4.69, 9.17) is 5.73 Å². The van der Waals surface area contributed by atoms with Crippen molar-refractivity contribution in [3.8, 4) is 0 Å². The van der Waals surface area contributed by atoms with Crippen LogP contribution in [0.25, 0.3) is 0 Å². The minimum Gasteiger partial charge on any atom is -0.396 e. The van der Waals surface area contributed by atoms with Gasteiger partial charge in [-0.1, -0.05) is 13.8 Å². The van der Waals surface area contributed by atoms with Crippen molar-refractivity contribution >= 4 is 11.6 Å². The first kappa shape index (κ1) is 13.5. The fourth-order valence-corrected chi connectivity index (χ4v) is 2.24. The third-order valence-corrected chi connectivity index (χ3v) is 3.48. The Hall–Kier alpha value is -2.51. The van der Waals surface area contributed by atoms with Crippen molar-refractivity contribution in [2.24, 2.45) is 0 Å². The predicted molar refractivity (Wildman–Crippen MR) is 75.3 cm³/mol. The van der Waals surface area contributed by atoms with Crippen molar-refractivity contribution < 1.29 is 4.79 Å². The van der Waals surface area contributed by atoms with Gasteiger partial charge in [-0.05, 0) is 0 Å². The number of aromatic nitrogens is 5. The highest BCUT2D eigenvalue weighted by molar-refractivity contribution is 5.97. The Morgan fingerprint density at radius 2 is 2.19 bits per heavy atom. The normalized spacial score (nSPS) is 14.3. The molecule has 8 heteroatoms. The molecule has 2 aromatic heterocycles. The van der Waals surface area contributed by atoms with Crippen LogP contribution in [-0.2, 0) is 13.1 Å². The van der Waals surface area contributed by atoms with E-state index in [1.165, 1.54) is 6.20 Å². The summed E-state index contributed by atoms with van der Waals surface area (Å²) in [6, 6.07) is 0. The second kappa shape index (κ2) is 5.12. The summed E-state index contributed by atoms with van der Waals surface area (Å²) < 4.78 is 1.94. The molecule has 2 N–H and O–H groups in total. The van der Waals surface area contributed by atoms with Gasteiger partial charge in [-0.15, -0.1) is 10.2 Å². The van der Waals surface area contributed by atoms with Gasteiger partial charge >= 0.3 is 0 Å². The molecule has 1 amide bonds. The number of fused-ring (bicyclic) bond motifs is 1. The fourth-order valence-electron chi connectivity index (χ4n) is 2.24. The van der Waals surface area contributed by atoms with E-state index in [2.05, 4.69) is 20.2 Å². The molecule has 0 spiro atoms. The molecule has 0 aromatic carbocycles. The lowest BCUT2D eigenvalue weighted by molar-refractivity contribution is 0.0702. The number of carbonyl (C=O) groups is 1.